The quantitative estimate of drug-likeness (QED) is 0.655. The number of anilines is 2. The third kappa shape index (κ3) is 2.77. The summed E-state index contributed by atoms with van der Waals surface area (Å²) in [5.74, 6) is 6.87. The van der Waals surface area contributed by atoms with Gasteiger partial charge in [0.2, 0.25) is 5.95 Å². The van der Waals surface area contributed by atoms with Crippen LogP contribution in [0.5, 0.6) is 0 Å². The number of fused-ring (bicyclic) bond motifs is 1. The molecule has 2 aromatic rings. The molecule has 1 fully saturated rings. The molecule has 0 bridgehead atoms. The Balaban J connectivity index is 1.94. The third-order valence-corrected chi connectivity index (χ3v) is 4.23. The number of likely N-dealkylation sites (tertiary alicyclic amines) is 1. The van der Waals surface area contributed by atoms with Crippen LogP contribution in [0.25, 0.3) is 10.9 Å². The summed E-state index contributed by atoms with van der Waals surface area (Å²) in [7, 11) is 4.28. The molecule has 1 atom stereocenters. The zero-order valence-corrected chi connectivity index (χ0v) is 12.6. The molecule has 1 aliphatic rings. The number of hydrazine groups is 1. The number of likely N-dealkylation sites (N-methyl/N-ethyl adjacent to an activating group) is 2. The maximum Gasteiger partial charge on any atom is 0.239 e. The highest BCUT2D eigenvalue weighted by Crippen LogP contribution is 2.26. The second-order valence-corrected chi connectivity index (χ2v) is 5.69. The number of rotatable bonds is 4. The van der Waals surface area contributed by atoms with Crippen LogP contribution in [0, 0.1) is 0 Å². The molecular weight excluding hydrogens is 264 g/mol. The van der Waals surface area contributed by atoms with Gasteiger partial charge in [-0.1, -0.05) is 12.1 Å². The SMILES string of the molecule is CN(CC1CCCN1C)c1nc(NN)nc2ccccc12. The van der Waals surface area contributed by atoms with Gasteiger partial charge in [-0.15, -0.1) is 0 Å². The lowest BCUT2D eigenvalue weighted by Gasteiger charge is -2.27. The first-order chi connectivity index (χ1) is 10.2. The topological polar surface area (TPSA) is 70.3 Å². The van der Waals surface area contributed by atoms with Crippen molar-refractivity contribution in [2.24, 2.45) is 5.84 Å². The van der Waals surface area contributed by atoms with Gasteiger partial charge in [0.1, 0.15) is 5.82 Å². The fraction of sp³-hybridized carbons (Fsp3) is 0.467. The predicted octanol–water partition coefficient (Wildman–Crippen LogP) is 1.45. The molecule has 0 spiro atoms. The van der Waals surface area contributed by atoms with E-state index in [9.17, 15) is 0 Å². The lowest BCUT2D eigenvalue weighted by Crippen LogP contribution is -2.37. The maximum absolute atomic E-state index is 5.49. The van der Waals surface area contributed by atoms with Gasteiger partial charge in [-0.2, -0.15) is 4.98 Å². The van der Waals surface area contributed by atoms with Crippen LogP contribution < -0.4 is 16.2 Å². The average molecular weight is 286 g/mol. The standard InChI is InChI=1S/C15H22N6/c1-20-9-5-6-11(20)10-21(2)14-12-7-3-4-8-13(12)17-15(18-14)19-16/h3-4,7-8,11H,5-6,9-10,16H2,1-2H3,(H,17,18,19). The summed E-state index contributed by atoms with van der Waals surface area (Å²) in [6.45, 7) is 2.14. The Morgan fingerprint density at radius 3 is 2.90 bits per heavy atom. The van der Waals surface area contributed by atoms with Crippen LogP contribution in [0.4, 0.5) is 11.8 Å². The van der Waals surface area contributed by atoms with Crippen molar-refractivity contribution < 1.29 is 0 Å². The van der Waals surface area contributed by atoms with Crippen molar-refractivity contribution in [3.63, 3.8) is 0 Å². The van der Waals surface area contributed by atoms with Crippen LogP contribution in [0.2, 0.25) is 0 Å². The maximum atomic E-state index is 5.49. The van der Waals surface area contributed by atoms with Crippen LogP contribution >= 0.6 is 0 Å². The van der Waals surface area contributed by atoms with E-state index in [0.29, 0.717) is 12.0 Å². The number of nitrogen functional groups attached to an aromatic ring is 1. The van der Waals surface area contributed by atoms with Gasteiger partial charge in [-0.3, -0.25) is 5.43 Å². The molecule has 21 heavy (non-hydrogen) atoms. The molecule has 1 aliphatic heterocycles. The number of hydrogen-bond donors (Lipinski definition) is 2. The first-order valence-electron chi connectivity index (χ1n) is 7.34. The monoisotopic (exact) mass is 286 g/mol. The summed E-state index contributed by atoms with van der Waals surface area (Å²) in [6, 6.07) is 8.61. The van der Waals surface area contributed by atoms with E-state index in [1.54, 1.807) is 0 Å². The lowest BCUT2D eigenvalue weighted by molar-refractivity contribution is 0.314. The zero-order valence-electron chi connectivity index (χ0n) is 12.6. The van der Waals surface area contributed by atoms with Crippen molar-refractivity contribution in [3.05, 3.63) is 24.3 Å². The van der Waals surface area contributed by atoms with Crippen molar-refractivity contribution in [2.75, 3.05) is 37.5 Å². The number of benzene rings is 1. The summed E-state index contributed by atoms with van der Waals surface area (Å²) >= 11 is 0. The predicted molar refractivity (Wildman–Crippen MR) is 86.3 cm³/mol. The van der Waals surface area contributed by atoms with E-state index in [4.69, 9.17) is 5.84 Å². The molecule has 6 heteroatoms. The molecule has 3 rings (SSSR count). The van der Waals surface area contributed by atoms with Gasteiger partial charge in [0.15, 0.2) is 0 Å². The van der Waals surface area contributed by atoms with E-state index in [0.717, 1.165) is 23.3 Å². The van der Waals surface area contributed by atoms with Gasteiger partial charge in [0.05, 0.1) is 5.52 Å². The molecule has 112 valence electrons. The Hall–Kier alpha value is -1.92. The van der Waals surface area contributed by atoms with E-state index in [-0.39, 0.29) is 0 Å². The van der Waals surface area contributed by atoms with Crippen LogP contribution in [0.3, 0.4) is 0 Å². The summed E-state index contributed by atoms with van der Waals surface area (Å²) in [4.78, 5) is 13.6. The smallest absolute Gasteiger partial charge is 0.239 e. The van der Waals surface area contributed by atoms with E-state index in [1.807, 2.05) is 18.2 Å². The third-order valence-electron chi connectivity index (χ3n) is 4.23. The first kappa shape index (κ1) is 14.0. The van der Waals surface area contributed by atoms with Crippen LogP contribution in [-0.4, -0.2) is 48.1 Å². The summed E-state index contributed by atoms with van der Waals surface area (Å²) in [6.07, 6.45) is 2.51. The molecule has 1 aromatic heterocycles. The molecular formula is C15H22N6. The van der Waals surface area contributed by atoms with Crippen molar-refractivity contribution in [2.45, 2.75) is 18.9 Å². The minimum atomic E-state index is 0.454. The summed E-state index contributed by atoms with van der Waals surface area (Å²) < 4.78 is 0. The van der Waals surface area contributed by atoms with Gasteiger partial charge in [-0.05, 0) is 38.6 Å². The van der Waals surface area contributed by atoms with Crippen LogP contribution in [0.1, 0.15) is 12.8 Å². The highest BCUT2D eigenvalue weighted by atomic mass is 15.3. The van der Waals surface area contributed by atoms with Crippen LogP contribution in [-0.2, 0) is 0 Å². The molecule has 3 N–H and O–H groups in total. The van der Waals surface area contributed by atoms with Crippen molar-refractivity contribution >= 4 is 22.7 Å². The normalized spacial score (nSPS) is 19.1. The second kappa shape index (κ2) is 5.83. The van der Waals surface area contributed by atoms with Gasteiger partial charge in [0, 0.05) is 25.0 Å². The molecule has 1 saturated heterocycles. The Kier molecular flexibility index (Phi) is 3.90. The molecule has 2 heterocycles. The van der Waals surface area contributed by atoms with Gasteiger partial charge >= 0.3 is 0 Å². The molecule has 0 aliphatic carbocycles. The number of para-hydroxylation sites is 1. The van der Waals surface area contributed by atoms with Crippen molar-refractivity contribution in [3.8, 4) is 0 Å². The molecule has 0 saturated carbocycles. The van der Waals surface area contributed by atoms with E-state index >= 15 is 0 Å². The molecule has 1 aromatic carbocycles. The number of nitrogens with one attached hydrogen (secondary N) is 1. The highest BCUT2D eigenvalue weighted by molar-refractivity contribution is 5.90. The highest BCUT2D eigenvalue weighted by Gasteiger charge is 2.23. The Labute approximate surface area is 124 Å². The van der Waals surface area contributed by atoms with E-state index in [2.05, 4.69) is 45.4 Å². The number of aromatic nitrogens is 2. The van der Waals surface area contributed by atoms with Crippen molar-refractivity contribution in [1.82, 2.24) is 14.9 Å². The molecule has 6 nitrogen and oxygen atoms in total. The van der Waals surface area contributed by atoms with Crippen LogP contribution in [0.15, 0.2) is 24.3 Å². The van der Waals surface area contributed by atoms with E-state index in [1.165, 1.54) is 19.4 Å². The fourth-order valence-electron chi connectivity index (χ4n) is 3.03. The Morgan fingerprint density at radius 2 is 2.19 bits per heavy atom. The summed E-state index contributed by atoms with van der Waals surface area (Å²) in [5.41, 5.74) is 3.46. The summed E-state index contributed by atoms with van der Waals surface area (Å²) in [5, 5.41) is 1.06. The first-order valence-corrected chi connectivity index (χ1v) is 7.34. The molecule has 0 radical (unpaired) electrons. The molecule has 0 amide bonds. The minimum Gasteiger partial charge on any atom is -0.357 e. The van der Waals surface area contributed by atoms with Gasteiger partial charge in [0.25, 0.3) is 0 Å². The zero-order chi connectivity index (χ0) is 14.8. The lowest BCUT2D eigenvalue weighted by atomic mass is 10.2. The minimum absolute atomic E-state index is 0.454. The number of hydrogen-bond acceptors (Lipinski definition) is 6. The fourth-order valence-corrected chi connectivity index (χ4v) is 3.03. The van der Waals surface area contributed by atoms with Crippen molar-refractivity contribution in [1.29, 1.82) is 0 Å². The largest absolute Gasteiger partial charge is 0.357 e. The Morgan fingerprint density at radius 1 is 1.38 bits per heavy atom. The van der Waals surface area contributed by atoms with Gasteiger partial charge < -0.3 is 9.80 Å². The Bertz CT molecular complexity index is 629. The van der Waals surface area contributed by atoms with Gasteiger partial charge in [-0.25, -0.2) is 10.8 Å². The second-order valence-electron chi connectivity index (χ2n) is 5.69. The van der Waals surface area contributed by atoms with E-state index < -0.39 is 0 Å². The average Bonchev–Trinajstić information content (AvgIpc) is 2.91. The number of nitrogens with two attached hydrogens (primary N) is 1. The molecule has 1 unspecified atom stereocenters. The number of nitrogens with zero attached hydrogens (tertiary/aromatic N) is 4.